The van der Waals surface area contributed by atoms with Crippen molar-refractivity contribution >= 4 is 0 Å². The number of rotatable bonds is 3. The van der Waals surface area contributed by atoms with Gasteiger partial charge in [0.2, 0.25) is 0 Å². The van der Waals surface area contributed by atoms with Crippen molar-refractivity contribution in [2.75, 3.05) is 6.61 Å². The fourth-order valence-corrected chi connectivity index (χ4v) is 1.51. The van der Waals surface area contributed by atoms with Crippen LogP contribution >= 0.6 is 0 Å². The molecule has 1 N–H and O–H groups in total. The summed E-state index contributed by atoms with van der Waals surface area (Å²) in [6.07, 6.45) is 5.86. The maximum absolute atomic E-state index is 7.48. The summed E-state index contributed by atoms with van der Waals surface area (Å²) in [5, 5.41) is 0. The third-order valence-corrected chi connectivity index (χ3v) is 2.23. The van der Waals surface area contributed by atoms with Crippen LogP contribution in [0, 0.1) is 0 Å². The summed E-state index contributed by atoms with van der Waals surface area (Å²) >= 11 is 0. The van der Waals surface area contributed by atoms with Crippen LogP contribution < -0.4 is 5.73 Å². The molecule has 11 heavy (non-hydrogen) atoms. The van der Waals surface area contributed by atoms with Gasteiger partial charge in [0.1, 0.15) is 0 Å². The first-order valence-corrected chi connectivity index (χ1v) is 4.65. The Bertz CT molecular complexity index is 95.0. The molecule has 0 spiro atoms. The van der Waals surface area contributed by atoms with Gasteiger partial charge in [-0.05, 0) is 32.1 Å². The van der Waals surface area contributed by atoms with Crippen molar-refractivity contribution < 1.29 is 4.74 Å². The second-order valence-corrected chi connectivity index (χ2v) is 3.34. The summed E-state index contributed by atoms with van der Waals surface area (Å²) in [4.78, 5) is 0. The minimum atomic E-state index is 0.191. The van der Waals surface area contributed by atoms with E-state index in [1.54, 1.807) is 0 Å². The number of nitrogens with one attached hydrogen (secondary N) is 1. The van der Waals surface area contributed by atoms with Crippen LogP contribution in [0.3, 0.4) is 0 Å². The molecular formula is C9H18NO. The van der Waals surface area contributed by atoms with Gasteiger partial charge in [0.15, 0.2) is 0 Å². The largest absolute Gasteiger partial charge is 0.378 e. The lowest BCUT2D eigenvalue weighted by atomic mass is 9.94. The maximum Gasteiger partial charge on any atom is 0.0576 e. The quantitative estimate of drug-likeness (QED) is 0.615. The van der Waals surface area contributed by atoms with Crippen LogP contribution in [0.1, 0.15) is 39.0 Å². The highest BCUT2D eigenvalue weighted by Crippen LogP contribution is 2.20. The molecule has 0 saturated heterocycles. The van der Waals surface area contributed by atoms with E-state index in [1.807, 2.05) is 0 Å². The third-order valence-electron chi connectivity index (χ3n) is 2.23. The molecule has 0 bridgehead atoms. The first-order valence-electron chi connectivity index (χ1n) is 4.65. The molecule has 1 radical (unpaired) electrons. The van der Waals surface area contributed by atoms with E-state index < -0.39 is 0 Å². The van der Waals surface area contributed by atoms with Gasteiger partial charge in [-0.3, -0.25) is 5.73 Å². The zero-order valence-corrected chi connectivity index (χ0v) is 7.31. The van der Waals surface area contributed by atoms with Crippen molar-refractivity contribution in [3.8, 4) is 0 Å². The molecule has 0 unspecified atom stereocenters. The van der Waals surface area contributed by atoms with Crippen LogP contribution in [0.5, 0.6) is 0 Å². The number of hydrogen-bond donors (Lipinski definition) is 0. The maximum atomic E-state index is 7.48. The van der Waals surface area contributed by atoms with Crippen molar-refractivity contribution in [1.82, 2.24) is 5.73 Å². The summed E-state index contributed by atoms with van der Waals surface area (Å²) in [7, 11) is 0. The van der Waals surface area contributed by atoms with Crippen molar-refractivity contribution in [3.63, 3.8) is 0 Å². The Labute approximate surface area is 69.1 Å². The van der Waals surface area contributed by atoms with E-state index in [2.05, 4.69) is 6.92 Å². The van der Waals surface area contributed by atoms with Crippen LogP contribution in [0.2, 0.25) is 0 Å². The monoisotopic (exact) mass is 156 g/mol. The summed E-state index contributed by atoms with van der Waals surface area (Å²) in [5.74, 6) is 0. The Hall–Kier alpha value is -0.0800. The van der Waals surface area contributed by atoms with E-state index in [0.29, 0.717) is 6.10 Å². The second-order valence-electron chi connectivity index (χ2n) is 3.34. The fraction of sp³-hybridized carbons (Fsp3) is 1.00. The van der Waals surface area contributed by atoms with Crippen molar-refractivity contribution in [2.45, 2.75) is 51.2 Å². The van der Waals surface area contributed by atoms with E-state index >= 15 is 0 Å². The van der Waals surface area contributed by atoms with Gasteiger partial charge in [0, 0.05) is 12.6 Å². The highest BCUT2D eigenvalue weighted by atomic mass is 16.5. The van der Waals surface area contributed by atoms with Gasteiger partial charge >= 0.3 is 0 Å². The van der Waals surface area contributed by atoms with Gasteiger partial charge in [-0.1, -0.05) is 6.92 Å². The molecule has 1 rings (SSSR count). The van der Waals surface area contributed by atoms with Crippen LogP contribution in [0.15, 0.2) is 0 Å². The van der Waals surface area contributed by atoms with Gasteiger partial charge in [-0.25, -0.2) is 0 Å². The minimum absolute atomic E-state index is 0.191. The molecule has 1 saturated carbocycles. The smallest absolute Gasteiger partial charge is 0.0576 e. The van der Waals surface area contributed by atoms with E-state index in [4.69, 9.17) is 10.5 Å². The van der Waals surface area contributed by atoms with E-state index in [0.717, 1.165) is 38.7 Å². The predicted octanol–water partition coefficient (Wildman–Crippen LogP) is 2.01. The van der Waals surface area contributed by atoms with Crippen molar-refractivity contribution in [2.24, 2.45) is 0 Å². The zero-order chi connectivity index (χ0) is 8.10. The zero-order valence-electron chi connectivity index (χ0n) is 7.31. The van der Waals surface area contributed by atoms with Gasteiger partial charge in [0.25, 0.3) is 0 Å². The molecule has 0 aliphatic heterocycles. The van der Waals surface area contributed by atoms with Crippen LogP contribution in [-0.2, 0) is 4.74 Å². The average Bonchev–Trinajstić information content (AvgIpc) is 2.04. The second kappa shape index (κ2) is 4.73. The standard InChI is InChI=1S/C9H18NO/c1-2-7-11-9-5-3-8(10)4-6-9/h8-10H,2-7H2,1H3/t8-,9+. The van der Waals surface area contributed by atoms with Gasteiger partial charge in [-0.15, -0.1) is 0 Å². The Morgan fingerprint density at radius 1 is 1.27 bits per heavy atom. The van der Waals surface area contributed by atoms with Crippen LogP contribution in [0.25, 0.3) is 0 Å². The van der Waals surface area contributed by atoms with Gasteiger partial charge in [0.05, 0.1) is 6.10 Å². The van der Waals surface area contributed by atoms with Crippen molar-refractivity contribution in [1.29, 1.82) is 0 Å². The first-order chi connectivity index (χ1) is 5.33. The normalized spacial score (nSPS) is 32.2. The van der Waals surface area contributed by atoms with E-state index in [9.17, 15) is 0 Å². The summed E-state index contributed by atoms with van der Waals surface area (Å²) in [5.41, 5.74) is 7.48. The SMILES string of the molecule is CCCO[C@H]1CC[C@@H]([NH])CC1. The van der Waals surface area contributed by atoms with Crippen molar-refractivity contribution in [3.05, 3.63) is 0 Å². The Kier molecular flexibility index (Phi) is 3.87. The highest BCUT2D eigenvalue weighted by Gasteiger charge is 2.18. The van der Waals surface area contributed by atoms with Crippen LogP contribution in [-0.4, -0.2) is 18.8 Å². The number of ether oxygens (including phenoxy) is 1. The topological polar surface area (TPSA) is 33.0 Å². The average molecular weight is 156 g/mol. The summed E-state index contributed by atoms with van der Waals surface area (Å²) in [6.45, 7) is 3.03. The van der Waals surface area contributed by atoms with Gasteiger partial charge < -0.3 is 4.74 Å². The van der Waals surface area contributed by atoms with E-state index in [-0.39, 0.29) is 6.04 Å². The Balaban J connectivity index is 2.07. The molecule has 1 aliphatic rings. The summed E-state index contributed by atoms with van der Waals surface area (Å²) in [6, 6.07) is 0.191. The lowest BCUT2D eigenvalue weighted by molar-refractivity contribution is 0.0251. The van der Waals surface area contributed by atoms with E-state index in [1.165, 1.54) is 0 Å². The molecule has 2 nitrogen and oxygen atoms in total. The lowest BCUT2D eigenvalue weighted by Crippen LogP contribution is -2.25. The van der Waals surface area contributed by atoms with Crippen LogP contribution in [0.4, 0.5) is 0 Å². The number of hydrogen-bond acceptors (Lipinski definition) is 1. The fourth-order valence-electron chi connectivity index (χ4n) is 1.51. The molecular weight excluding hydrogens is 138 g/mol. The Morgan fingerprint density at radius 3 is 2.45 bits per heavy atom. The molecule has 2 heteroatoms. The molecule has 0 atom stereocenters. The highest BCUT2D eigenvalue weighted by molar-refractivity contribution is 4.73. The lowest BCUT2D eigenvalue weighted by Gasteiger charge is -2.25. The minimum Gasteiger partial charge on any atom is -0.378 e. The molecule has 0 amide bonds. The van der Waals surface area contributed by atoms with Gasteiger partial charge in [-0.2, -0.15) is 0 Å². The molecule has 0 aromatic carbocycles. The molecule has 65 valence electrons. The molecule has 1 aliphatic carbocycles. The molecule has 0 aromatic heterocycles. The molecule has 0 heterocycles. The third kappa shape index (κ3) is 3.21. The predicted molar refractivity (Wildman–Crippen MR) is 45.4 cm³/mol. The Morgan fingerprint density at radius 2 is 1.91 bits per heavy atom. The molecule has 1 fully saturated rings. The first kappa shape index (κ1) is 9.01. The molecule has 0 aromatic rings. The summed E-state index contributed by atoms with van der Waals surface area (Å²) < 4.78 is 5.60.